The topological polar surface area (TPSA) is 50.4 Å². The first kappa shape index (κ1) is 16.9. The lowest BCUT2D eigenvalue weighted by atomic mass is 10.1. The quantitative estimate of drug-likeness (QED) is 0.820. The van der Waals surface area contributed by atoms with E-state index in [-0.39, 0.29) is 18.8 Å². The number of aryl methyl sites for hydroxylation is 2. The minimum atomic E-state index is -0.246. The SMILES string of the molecule is Cc1ccc(C)c(OCNC(=O)NC(C)c2ccccc2)c1C. The Morgan fingerprint density at radius 3 is 2.39 bits per heavy atom. The van der Waals surface area contributed by atoms with Gasteiger partial charge >= 0.3 is 6.03 Å². The van der Waals surface area contributed by atoms with Gasteiger partial charge in [0.15, 0.2) is 6.73 Å². The summed E-state index contributed by atoms with van der Waals surface area (Å²) in [7, 11) is 0. The smallest absolute Gasteiger partial charge is 0.317 e. The van der Waals surface area contributed by atoms with Crippen molar-refractivity contribution in [2.24, 2.45) is 0 Å². The fourth-order valence-electron chi connectivity index (χ4n) is 2.39. The van der Waals surface area contributed by atoms with Crippen molar-refractivity contribution in [1.82, 2.24) is 10.6 Å². The Morgan fingerprint density at radius 1 is 1.04 bits per heavy atom. The van der Waals surface area contributed by atoms with E-state index >= 15 is 0 Å². The Balaban J connectivity index is 1.85. The molecule has 0 aliphatic heterocycles. The molecule has 122 valence electrons. The van der Waals surface area contributed by atoms with Crippen molar-refractivity contribution in [3.05, 3.63) is 64.7 Å². The van der Waals surface area contributed by atoms with Gasteiger partial charge in [0, 0.05) is 0 Å². The zero-order valence-corrected chi connectivity index (χ0v) is 14.1. The van der Waals surface area contributed by atoms with Crippen molar-refractivity contribution in [2.75, 3.05) is 6.73 Å². The van der Waals surface area contributed by atoms with Crippen molar-refractivity contribution in [3.8, 4) is 5.75 Å². The van der Waals surface area contributed by atoms with E-state index in [0.29, 0.717) is 0 Å². The molecule has 1 atom stereocenters. The van der Waals surface area contributed by atoms with E-state index in [1.54, 1.807) is 0 Å². The molecule has 0 heterocycles. The molecule has 2 rings (SSSR count). The van der Waals surface area contributed by atoms with E-state index in [2.05, 4.69) is 16.7 Å². The second-order valence-corrected chi connectivity index (χ2v) is 5.72. The maximum atomic E-state index is 12.0. The summed E-state index contributed by atoms with van der Waals surface area (Å²) in [4.78, 5) is 12.0. The number of rotatable bonds is 5. The number of nitrogens with one attached hydrogen (secondary N) is 2. The third-order valence-corrected chi connectivity index (χ3v) is 3.97. The number of hydrogen-bond acceptors (Lipinski definition) is 2. The molecule has 4 nitrogen and oxygen atoms in total. The van der Waals surface area contributed by atoms with E-state index < -0.39 is 0 Å². The highest BCUT2D eigenvalue weighted by molar-refractivity contribution is 5.74. The van der Waals surface area contributed by atoms with Gasteiger partial charge < -0.3 is 15.4 Å². The van der Waals surface area contributed by atoms with Crippen molar-refractivity contribution < 1.29 is 9.53 Å². The highest BCUT2D eigenvalue weighted by Gasteiger charge is 2.10. The molecule has 2 aromatic carbocycles. The lowest BCUT2D eigenvalue weighted by Crippen LogP contribution is -2.39. The predicted molar refractivity (Wildman–Crippen MR) is 92.7 cm³/mol. The third kappa shape index (κ3) is 4.49. The number of amides is 2. The standard InChI is InChI=1S/C19H24N2O2/c1-13-10-11-14(2)18(15(13)3)23-12-20-19(22)21-16(4)17-8-6-5-7-9-17/h5-11,16H,12H2,1-4H3,(H2,20,21,22). The van der Waals surface area contributed by atoms with Crippen molar-refractivity contribution >= 4 is 6.03 Å². The molecule has 4 heteroatoms. The molecule has 0 aliphatic carbocycles. The second-order valence-electron chi connectivity index (χ2n) is 5.72. The predicted octanol–water partition coefficient (Wildman–Crippen LogP) is 4.01. The molecule has 2 N–H and O–H groups in total. The van der Waals surface area contributed by atoms with Crippen molar-refractivity contribution in [3.63, 3.8) is 0 Å². The van der Waals surface area contributed by atoms with Crippen LogP contribution in [0.4, 0.5) is 4.79 Å². The van der Waals surface area contributed by atoms with Gasteiger partial charge in [-0.3, -0.25) is 0 Å². The van der Waals surface area contributed by atoms with Crippen LogP contribution in [0.5, 0.6) is 5.75 Å². The van der Waals surface area contributed by atoms with E-state index in [1.165, 1.54) is 5.56 Å². The van der Waals surface area contributed by atoms with E-state index in [0.717, 1.165) is 22.4 Å². The fourth-order valence-corrected chi connectivity index (χ4v) is 2.39. The average Bonchev–Trinajstić information content (AvgIpc) is 2.55. The van der Waals surface area contributed by atoms with Crippen LogP contribution in [0, 0.1) is 20.8 Å². The van der Waals surface area contributed by atoms with Crippen LogP contribution in [0.2, 0.25) is 0 Å². The number of urea groups is 1. The first-order valence-electron chi connectivity index (χ1n) is 7.78. The third-order valence-electron chi connectivity index (χ3n) is 3.97. The van der Waals surface area contributed by atoms with Gasteiger partial charge in [0.1, 0.15) is 5.75 Å². The summed E-state index contributed by atoms with van der Waals surface area (Å²) >= 11 is 0. The molecule has 2 amide bonds. The van der Waals surface area contributed by atoms with E-state index in [9.17, 15) is 4.79 Å². The van der Waals surface area contributed by atoms with Crippen molar-refractivity contribution in [2.45, 2.75) is 33.7 Å². The highest BCUT2D eigenvalue weighted by Crippen LogP contribution is 2.25. The first-order chi connectivity index (χ1) is 11.0. The molecular weight excluding hydrogens is 288 g/mol. The normalized spacial score (nSPS) is 11.7. The van der Waals surface area contributed by atoms with Crippen LogP contribution in [0.15, 0.2) is 42.5 Å². The van der Waals surface area contributed by atoms with Gasteiger partial charge in [-0.25, -0.2) is 4.79 Å². The fraction of sp³-hybridized carbons (Fsp3) is 0.316. The lowest BCUT2D eigenvalue weighted by Gasteiger charge is -2.17. The first-order valence-corrected chi connectivity index (χ1v) is 7.78. The van der Waals surface area contributed by atoms with Crippen LogP contribution in [0.3, 0.4) is 0 Å². The maximum Gasteiger partial charge on any atom is 0.317 e. The summed E-state index contributed by atoms with van der Waals surface area (Å²) in [5, 5.41) is 5.63. The van der Waals surface area contributed by atoms with Gasteiger partial charge in [0.2, 0.25) is 0 Å². The van der Waals surface area contributed by atoms with Crippen LogP contribution in [0.1, 0.15) is 35.2 Å². The Bertz CT molecular complexity index is 669. The summed E-state index contributed by atoms with van der Waals surface area (Å²) in [5.41, 5.74) is 4.40. The van der Waals surface area contributed by atoms with Gasteiger partial charge in [0.25, 0.3) is 0 Å². The summed E-state index contributed by atoms with van der Waals surface area (Å²) in [5.74, 6) is 0.835. The summed E-state index contributed by atoms with van der Waals surface area (Å²) < 4.78 is 5.73. The highest BCUT2D eigenvalue weighted by atomic mass is 16.5. The minimum Gasteiger partial charge on any atom is -0.473 e. The number of carbonyl (C=O) groups excluding carboxylic acids is 1. The van der Waals surface area contributed by atoms with Gasteiger partial charge in [-0.2, -0.15) is 0 Å². The average molecular weight is 312 g/mol. The molecule has 0 aromatic heterocycles. The minimum absolute atomic E-state index is 0.0568. The number of ether oxygens (including phenoxy) is 1. The molecule has 0 radical (unpaired) electrons. The Kier molecular flexibility index (Phi) is 5.63. The molecule has 0 bridgehead atoms. The maximum absolute atomic E-state index is 12.0. The van der Waals surface area contributed by atoms with Gasteiger partial charge in [-0.15, -0.1) is 0 Å². The van der Waals surface area contributed by atoms with Crippen LogP contribution >= 0.6 is 0 Å². The number of carbonyl (C=O) groups is 1. The summed E-state index contributed by atoms with van der Waals surface area (Å²) in [6, 6.07) is 13.6. The second kappa shape index (κ2) is 7.68. The molecule has 0 saturated heterocycles. The van der Waals surface area contributed by atoms with Crippen LogP contribution in [0.25, 0.3) is 0 Å². The molecule has 0 fully saturated rings. The summed E-state index contributed by atoms with van der Waals surface area (Å²) in [6.45, 7) is 8.15. The van der Waals surface area contributed by atoms with Crippen LogP contribution in [-0.2, 0) is 0 Å². The van der Waals surface area contributed by atoms with E-state index in [4.69, 9.17) is 4.74 Å². The van der Waals surface area contributed by atoms with Gasteiger partial charge in [-0.05, 0) is 49.9 Å². The molecule has 0 spiro atoms. The molecule has 0 saturated carbocycles. The van der Waals surface area contributed by atoms with Gasteiger partial charge in [-0.1, -0.05) is 42.5 Å². The van der Waals surface area contributed by atoms with E-state index in [1.807, 2.05) is 64.1 Å². The Labute approximate surface area is 137 Å². The molecule has 1 unspecified atom stereocenters. The molecular formula is C19H24N2O2. The Morgan fingerprint density at radius 2 is 1.70 bits per heavy atom. The summed E-state index contributed by atoms with van der Waals surface area (Å²) in [6.07, 6.45) is 0. The zero-order chi connectivity index (χ0) is 16.8. The lowest BCUT2D eigenvalue weighted by molar-refractivity contribution is 0.220. The van der Waals surface area contributed by atoms with Crippen LogP contribution < -0.4 is 15.4 Å². The molecule has 2 aromatic rings. The van der Waals surface area contributed by atoms with Crippen molar-refractivity contribution in [1.29, 1.82) is 0 Å². The Hall–Kier alpha value is -2.49. The van der Waals surface area contributed by atoms with Crippen LogP contribution in [-0.4, -0.2) is 12.8 Å². The largest absolute Gasteiger partial charge is 0.473 e. The molecule has 0 aliphatic rings. The monoisotopic (exact) mass is 312 g/mol. The zero-order valence-electron chi connectivity index (χ0n) is 14.1. The number of benzene rings is 2. The van der Waals surface area contributed by atoms with Gasteiger partial charge in [0.05, 0.1) is 6.04 Å². The molecule has 23 heavy (non-hydrogen) atoms. The number of hydrogen-bond donors (Lipinski definition) is 2.